The standard InChI is InChI=1S/C13H17NO5/c1-6-10(8(3)15)7(2)14-11(6)13(17)19-9-4-5-18-12(9)16/h8-9,14-15H,4-5H2,1-3H3/t8-,9+/m1/s1. The van der Waals surface area contributed by atoms with Crippen LogP contribution in [0.2, 0.25) is 0 Å². The normalized spacial score (nSPS) is 20.2. The quantitative estimate of drug-likeness (QED) is 0.802. The monoisotopic (exact) mass is 267 g/mol. The molecule has 1 aromatic rings. The van der Waals surface area contributed by atoms with Crippen molar-refractivity contribution in [3.63, 3.8) is 0 Å². The van der Waals surface area contributed by atoms with Crippen molar-refractivity contribution in [2.75, 3.05) is 6.61 Å². The number of aliphatic hydroxyl groups excluding tert-OH is 1. The number of ether oxygens (including phenoxy) is 2. The van der Waals surface area contributed by atoms with Crippen LogP contribution in [0, 0.1) is 13.8 Å². The Bertz CT molecular complexity index is 517. The third-order valence-electron chi connectivity index (χ3n) is 3.25. The van der Waals surface area contributed by atoms with Crippen LogP contribution in [0.5, 0.6) is 0 Å². The Labute approximate surface area is 110 Å². The highest BCUT2D eigenvalue weighted by Crippen LogP contribution is 2.25. The van der Waals surface area contributed by atoms with E-state index in [0.717, 1.165) is 0 Å². The molecule has 1 aliphatic rings. The predicted octanol–water partition coefficient (Wildman–Crippen LogP) is 1.16. The van der Waals surface area contributed by atoms with Gasteiger partial charge in [-0.2, -0.15) is 0 Å². The average Bonchev–Trinajstić information content (AvgIpc) is 2.83. The number of hydrogen-bond donors (Lipinski definition) is 2. The molecule has 0 saturated carbocycles. The Morgan fingerprint density at radius 1 is 1.53 bits per heavy atom. The van der Waals surface area contributed by atoms with E-state index in [4.69, 9.17) is 9.47 Å². The number of hydrogen-bond acceptors (Lipinski definition) is 5. The number of cyclic esters (lactones) is 1. The minimum Gasteiger partial charge on any atom is -0.463 e. The minimum atomic E-state index is -0.828. The maximum atomic E-state index is 12.0. The van der Waals surface area contributed by atoms with Crippen LogP contribution in [-0.2, 0) is 14.3 Å². The molecule has 6 nitrogen and oxygen atoms in total. The number of aromatic nitrogens is 1. The van der Waals surface area contributed by atoms with E-state index >= 15 is 0 Å². The molecule has 2 atom stereocenters. The summed E-state index contributed by atoms with van der Waals surface area (Å²) >= 11 is 0. The molecule has 6 heteroatoms. The molecule has 1 aromatic heterocycles. The lowest BCUT2D eigenvalue weighted by atomic mass is 10.1. The maximum absolute atomic E-state index is 12.0. The van der Waals surface area contributed by atoms with Gasteiger partial charge in [0, 0.05) is 17.7 Å². The molecule has 1 aliphatic heterocycles. The highest BCUT2D eigenvalue weighted by Gasteiger charge is 2.32. The number of carbonyl (C=O) groups is 2. The molecule has 19 heavy (non-hydrogen) atoms. The van der Waals surface area contributed by atoms with Crippen molar-refractivity contribution in [1.82, 2.24) is 4.98 Å². The van der Waals surface area contributed by atoms with Crippen molar-refractivity contribution in [3.8, 4) is 0 Å². The number of carbonyl (C=O) groups excluding carboxylic acids is 2. The zero-order chi connectivity index (χ0) is 14.2. The van der Waals surface area contributed by atoms with Crippen LogP contribution in [0.15, 0.2) is 0 Å². The molecule has 0 amide bonds. The Morgan fingerprint density at radius 3 is 2.68 bits per heavy atom. The number of aryl methyl sites for hydroxylation is 1. The van der Waals surface area contributed by atoms with Crippen LogP contribution >= 0.6 is 0 Å². The van der Waals surface area contributed by atoms with Gasteiger partial charge in [-0.25, -0.2) is 9.59 Å². The highest BCUT2D eigenvalue weighted by atomic mass is 16.6. The summed E-state index contributed by atoms with van der Waals surface area (Å²) < 4.78 is 9.85. The number of rotatable bonds is 3. The molecule has 0 bridgehead atoms. The van der Waals surface area contributed by atoms with Gasteiger partial charge in [0.25, 0.3) is 0 Å². The fourth-order valence-corrected chi connectivity index (χ4v) is 2.37. The third-order valence-corrected chi connectivity index (χ3v) is 3.25. The van der Waals surface area contributed by atoms with Gasteiger partial charge < -0.3 is 19.6 Å². The SMILES string of the molecule is Cc1[nH]c(C(=O)O[C@H]2CCOC2=O)c(C)c1[C@@H](C)O. The smallest absolute Gasteiger partial charge is 0.355 e. The van der Waals surface area contributed by atoms with E-state index < -0.39 is 24.1 Å². The topological polar surface area (TPSA) is 88.6 Å². The van der Waals surface area contributed by atoms with E-state index in [1.54, 1.807) is 20.8 Å². The van der Waals surface area contributed by atoms with E-state index in [1.807, 2.05) is 0 Å². The average molecular weight is 267 g/mol. The van der Waals surface area contributed by atoms with Crippen molar-refractivity contribution in [2.24, 2.45) is 0 Å². The lowest BCUT2D eigenvalue weighted by Crippen LogP contribution is -2.23. The lowest BCUT2D eigenvalue weighted by molar-refractivity contribution is -0.145. The number of H-pyrrole nitrogens is 1. The van der Waals surface area contributed by atoms with Gasteiger partial charge in [0.1, 0.15) is 5.69 Å². The molecule has 0 aromatic carbocycles. The molecule has 2 heterocycles. The van der Waals surface area contributed by atoms with Crippen LogP contribution < -0.4 is 0 Å². The Morgan fingerprint density at radius 2 is 2.21 bits per heavy atom. The number of esters is 2. The molecule has 0 unspecified atom stereocenters. The summed E-state index contributed by atoms with van der Waals surface area (Å²) in [7, 11) is 0. The van der Waals surface area contributed by atoms with E-state index in [-0.39, 0.29) is 12.3 Å². The first-order valence-electron chi connectivity index (χ1n) is 6.16. The van der Waals surface area contributed by atoms with Gasteiger partial charge in [0.05, 0.1) is 12.7 Å². The molecule has 0 aliphatic carbocycles. The molecule has 0 radical (unpaired) electrons. The molecule has 2 rings (SSSR count). The Hall–Kier alpha value is -1.82. The van der Waals surface area contributed by atoms with Crippen molar-refractivity contribution in [2.45, 2.75) is 39.4 Å². The van der Waals surface area contributed by atoms with Gasteiger partial charge >= 0.3 is 11.9 Å². The van der Waals surface area contributed by atoms with Crippen LogP contribution in [0.1, 0.15) is 46.8 Å². The molecule has 0 spiro atoms. The Balaban J connectivity index is 2.20. The fourth-order valence-electron chi connectivity index (χ4n) is 2.37. The first-order chi connectivity index (χ1) is 8.91. The van der Waals surface area contributed by atoms with Gasteiger partial charge in [-0.15, -0.1) is 0 Å². The zero-order valence-electron chi connectivity index (χ0n) is 11.1. The molecule has 2 N–H and O–H groups in total. The zero-order valence-corrected chi connectivity index (χ0v) is 11.1. The second-order valence-electron chi connectivity index (χ2n) is 4.69. The van der Waals surface area contributed by atoms with Gasteiger partial charge in [-0.3, -0.25) is 0 Å². The van der Waals surface area contributed by atoms with Gasteiger partial charge in [-0.1, -0.05) is 0 Å². The van der Waals surface area contributed by atoms with Crippen molar-refractivity contribution in [3.05, 3.63) is 22.5 Å². The molecule has 1 fully saturated rings. The summed E-state index contributed by atoms with van der Waals surface area (Å²) in [5.41, 5.74) is 2.31. The summed E-state index contributed by atoms with van der Waals surface area (Å²) in [5, 5.41) is 9.66. The fraction of sp³-hybridized carbons (Fsp3) is 0.538. The van der Waals surface area contributed by atoms with Crippen LogP contribution in [0.3, 0.4) is 0 Å². The van der Waals surface area contributed by atoms with Crippen LogP contribution in [0.4, 0.5) is 0 Å². The van der Waals surface area contributed by atoms with Crippen molar-refractivity contribution >= 4 is 11.9 Å². The second kappa shape index (κ2) is 5.05. The highest BCUT2D eigenvalue weighted by molar-refractivity contribution is 5.92. The predicted molar refractivity (Wildman–Crippen MR) is 65.7 cm³/mol. The molecular formula is C13H17NO5. The van der Waals surface area contributed by atoms with Crippen LogP contribution in [0.25, 0.3) is 0 Å². The maximum Gasteiger partial charge on any atom is 0.355 e. The summed E-state index contributed by atoms with van der Waals surface area (Å²) in [4.78, 5) is 26.2. The summed E-state index contributed by atoms with van der Waals surface area (Å²) in [6, 6.07) is 0. The van der Waals surface area contributed by atoms with Gasteiger partial charge in [0.2, 0.25) is 6.10 Å². The number of aromatic amines is 1. The van der Waals surface area contributed by atoms with E-state index in [1.165, 1.54) is 0 Å². The van der Waals surface area contributed by atoms with E-state index in [2.05, 4.69) is 4.98 Å². The number of nitrogens with one attached hydrogen (secondary N) is 1. The minimum absolute atomic E-state index is 0.271. The summed E-state index contributed by atoms with van der Waals surface area (Å²) in [6.07, 6.45) is -1.12. The Kier molecular flexibility index (Phi) is 3.61. The molecule has 1 saturated heterocycles. The first kappa shape index (κ1) is 13.6. The summed E-state index contributed by atoms with van der Waals surface area (Å²) in [5.74, 6) is -1.11. The van der Waals surface area contributed by atoms with Crippen LogP contribution in [-0.4, -0.2) is 34.7 Å². The molecule has 104 valence electrons. The molecular weight excluding hydrogens is 250 g/mol. The van der Waals surface area contributed by atoms with E-state index in [9.17, 15) is 14.7 Å². The largest absolute Gasteiger partial charge is 0.463 e. The van der Waals surface area contributed by atoms with Crippen molar-refractivity contribution < 1.29 is 24.2 Å². The van der Waals surface area contributed by atoms with Gasteiger partial charge in [-0.05, 0) is 26.3 Å². The van der Waals surface area contributed by atoms with Gasteiger partial charge in [0.15, 0.2) is 0 Å². The summed E-state index contributed by atoms with van der Waals surface area (Å²) in [6.45, 7) is 5.41. The van der Waals surface area contributed by atoms with Crippen molar-refractivity contribution in [1.29, 1.82) is 0 Å². The third kappa shape index (κ3) is 2.49. The lowest BCUT2D eigenvalue weighted by Gasteiger charge is -2.08. The first-order valence-corrected chi connectivity index (χ1v) is 6.16. The van der Waals surface area contributed by atoms with E-state index in [0.29, 0.717) is 23.2 Å². The number of aliphatic hydroxyl groups is 1. The second-order valence-corrected chi connectivity index (χ2v) is 4.69.